The fourth-order valence-electron chi connectivity index (χ4n) is 2.87. The molecule has 138 valence electrons. The van der Waals surface area contributed by atoms with Crippen LogP contribution < -0.4 is 16.0 Å². The maximum Gasteiger partial charge on any atom is 0.321 e. The molecule has 1 aliphatic rings. The third-order valence-electron chi connectivity index (χ3n) is 4.27. The number of amides is 2. The molecular weight excluding hydrogens is 346 g/mol. The number of carbonyl (C=O) groups is 1. The largest absolute Gasteiger partial charge is 0.352 e. The summed E-state index contributed by atoms with van der Waals surface area (Å²) in [7, 11) is 1.76. The van der Waals surface area contributed by atoms with Crippen LogP contribution in [0.25, 0.3) is 0 Å². The second kappa shape index (κ2) is 9.24. The highest BCUT2D eigenvalue weighted by Crippen LogP contribution is 2.14. The molecule has 0 unspecified atom stereocenters. The van der Waals surface area contributed by atoms with Gasteiger partial charge in [-0.3, -0.25) is 4.99 Å². The van der Waals surface area contributed by atoms with Gasteiger partial charge in [-0.15, -0.1) is 11.3 Å². The molecule has 1 fully saturated rings. The highest BCUT2D eigenvalue weighted by Gasteiger charge is 2.17. The van der Waals surface area contributed by atoms with E-state index in [4.69, 9.17) is 0 Å². The van der Waals surface area contributed by atoms with Crippen molar-refractivity contribution in [2.24, 2.45) is 4.99 Å². The Kier molecular flexibility index (Phi) is 6.49. The van der Waals surface area contributed by atoms with E-state index in [1.54, 1.807) is 18.4 Å². The molecule has 3 N–H and O–H groups in total. The van der Waals surface area contributed by atoms with Gasteiger partial charge in [0.15, 0.2) is 5.96 Å². The Balaban J connectivity index is 1.50. The van der Waals surface area contributed by atoms with Gasteiger partial charge in [-0.1, -0.05) is 18.2 Å². The van der Waals surface area contributed by atoms with Gasteiger partial charge in [0.05, 0.1) is 6.54 Å². The molecule has 7 heteroatoms. The Morgan fingerprint density at radius 2 is 1.96 bits per heavy atom. The first-order valence-electron chi connectivity index (χ1n) is 8.86. The van der Waals surface area contributed by atoms with Gasteiger partial charge in [0.2, 0.25) is 0 Å². The number of carbonyl (C=O) groups excluding carboxylic acids is 1. The zero-order valence-electron chi connectivity index (χ0n) is 15.0. The number of hydrogen-bond acceptors (Lipinski definition) is 3. The van der Waals surface area contributed by atoms with E-state index in [0.29, 0.717) is 6.54 Å². The topological polar surface area (TPSA) is 68.8 Å². The molecule has 1 saturated heterocycles. The van der Waals surface area contributed by atoms with Crippen LogP contribution in [0.4, 0.5) is 10.5 Å². The van der Waals surface area contributed by atoms with E-state index < -0.39 is 0 Å². The van der Waals surface area contributed by atoms with E-state index in [0.717, 1.165) is 49.7 Å². The minimum absolute atomic E-state index is 0.0129. The number of rotatable bonds is 5. The van der Waals surface area contributed by atoms with E-state index in [1.165, 1.54) is 4.88 Å². The van der Waals surface area contributed by atoms with Crippen molar-refractivity contribution in [3.8, 4) is 0 Å². The number of likely N-dealkylation sites (tertiary alicyclic amines) is 1. The molecule has 1 aromatic heterocycles. The standard InChI is InChI=1S/C19H25N5OS/c1-20-18(22-14-17-8-5-11-26-17)21-13-15-6-4-7-16(12-15)23-19(25)24-9-2-3-10-24/h4-8,11-12H,2-3,9-10,13-14H2,1H3,(H,23,25)(H2,20,21,22). The Hall–Kier alpha value is -2.54. The van der Waals surface area contributed by atoms with Crippen LogP contribution in [-0.2, 0) is 13.1 Å². The SMILES string of the molecule is CN=C(NCc1cccc(NC(=O)N2CCCC2)c1)NCc1cccs1. The second-order valence-corrected chi connectivity index (χ2v) is 7.22. The normalized spacial score (nSPS) is 14.3. The zero-order valence-corrected chi connectivity index (χ0v) is 15.8. The average Bonchev–Trinajstić information content (AvgIpc) is 3.36. The Morgan fingerprint density at radius 1 is 1.15 bits per heavy atom. The molecule has 3 rings (SSSR count). The molecular formula is C19H25N5OS. The molecule has 0 atom stereocenters. The number of guanidine groups is 1. The Bertz CT molecular complexity index is 738. The lowest BCUT2D eigenvalue weighted by atomic mass is 10.2. The van der Waals surface area contributed by atoms with Crippen LogP contribution in [0.3, 0.4) is 0 Å². The van der Waals surface area contributed by atoms with Crippen LogP contribution in [0.2, 0.25) is 0 Å². The number of nitrogens with zero attached hydrogens (tertiary/aromatic N) is 2. The summed E-state index contributed by atoms with van der Waals surface area (Å²) in [6.45, 7) is 3.08. The monoisotopic (exact) mass is 371 g/mol. The van der Waals surface area contributed by atoms with Gasteiger partial charge < -0.3 is 20.9 Å². The lowest BCUT2D eigenvalue weighted by molar-refractivity contribution is 0.222. The summed E-state index contributed by atoms with van der Waals surface area (Å²) in [5.74, 6) is 0.755. The number of nitrogens with one attached hydrogen (secondary N) is 3. The first-order chi connectivity index (χ1) is 12.7. The number of hydrogen-bond donors (Lipinski definition) is 3. The van der Waals surface area contributed by atoms with Crippen LogP contribution in [0, 0.1) is 0 Å². The van der Waals surface area contributed by atoms with Gasteiger partial charge >= 0.3 is 6.03 Å². The van der Waals surface area contributed by atoms with Gasteiger partial charge in [0, 0.05) is 37.2 Å². The summed E-state index contributed by atoms with van der Waals surface area (Å²) in [4.78, 5) is 19.6. The molecule has 0 spiro atoms. The highest BCUT2D eigenvalue weighted by atomic mass is 32.1. The van der Waals surface area contributed by atoms with Crippen molar-refractivity contribution in [1.29, 1.82) is 0 Å². The number of anilines is 1. The highest BCUT2D eigenvalue weighted by molar-refractivity contribution is 7.09. The Morgan fingerprint density at radius 3 is 2.69 bits per heavy atom. The van der Waals surface area contributed by atoms with E-state index in [2.05, 4.69) is 32.4 Å². The van der Waals surface area contributed by atoms with Gasteiger partial charge in [0.1, 0.15) is 0 Å². The third-order valence-corrected chi connectivity index (χ3v) is 5.14. The number of benzene rings is 1. The first-order valence-corrected chi connectivity index (χ1v) is 9.74. The van der Waals surface area contributed by atoms with Crippen LogP contribution >= 0.6 is 11.3 Å². The minimum atomic E-state index is -0.0129. The van der Waals surface area contributed by atoms with Gasteiger partial charge in [-0.25, -0.2) is 4.79 Å². The maximum atomic E-state index is 12.2. The zero-order chi connectivity index (χ0) is 18.2. The molecule has 0 radical (unpaired) electrons. The summed E-state index contributed by atoms with van der Waals surface area (Å²) < 4.78 is 0. The lowest BCUT2D eigenvalue weighted by Crippen LogP contribution is -2.36. The molecule has 2 heterocycles. The molecule has 6 nitrogen and oxygen atoms in total. The van der Waals surface area contributed by atoms with Gasteiger partial charge in [-0.2, -0.15) is 0 Å². The van der Waals surface area contributed by atoms with Gasteiger partial charge in [0.25, 0.3) is 0 Å². The molecule has 26 heavy (non-hydrogen) atoms. The first kappa shape index (κ1) is 18.3. The van der Waals surface area contributed by atoms with Crippen molar-refractivity contribution in [2.45, 2.75) is 25.9 Å². The van der Waals surface area contributed by atoms with Crippen molar-refractivity contribution >= 4 is 29.0 Å². The number of aliphatic imine (C=N–C) groups is 1. The number of thiophene rings is 1. The van der Waals surface area contributed by atoms with E-state index in [1.807, 2.05) is 35.2 Å². The van der Waals surface area contributed by atoms with Crippen LogP contribution in [-0.4, -0.2) is 37.0 Å². The quantitative estimate of drug-likeness (QED) is 0.558. The summed E-state index contributed by atoms with van der Waals surface area (Å²) in [5.41, 5.74) is 1.91. The average molecular weight is 372 g/mol. The maximum absolute atomic E-state index is 12.2. The fourth-order valence-corrected chi connectivity index (χ4v) is 3.52. The summed E-state index contributed by atoms with van der Waals surface area (Å²) in [6.07, 6.45) is 2.18. The molecule has 1 aliphatic heterocycles. The van der Waals surface area contributed by atoms with Crippen LogP contribution in [0.15, 0.2) is 46.8 Å². The van der Waals surface area contributed by atoms with Crippen molar-refractivity contribution in [3.05, 3.63) is 52.2 Å². The van der Waals surface area contributed by atoms with Gasteiger partial charge in [-0.05, 0) is 42.0 Å². The number of urea groups is 1. The predicted octanol–water partition coefficient (Wildman–Crippen LogP) is 3.24. The van der Waals surface area contributed by atoms with Crippen molar-refractivity contribution in [2.75, 3.05) is 25.5 Å². The van der Waals surface area contributed by atoms with E-state index in [9.17, 15) is 4.79 Å². The Labute approximate surface area is 158 Å². The molecule has 0 bridgehead atoms. The summed E-state index contributed by atoms with van der Waals surface area (Å²) in [5, 5.41) is 11.7. The molecule has 1 aromatic carbocycles. The second-order valence-electron chi connectivity index (χ2n) is 6.18. The third kappa shape index (κ3) is 5.23. The molecule has 0 aliphatic carbocycles. The van der Waals surface area contributed by atoms with E-state index >= 15 is 0 Å². The summed E-state index contributed by atoms with van der Waals surface area (Å²) in [6, 6.07) is 12.0. The fraction of sp³-hybridized carbons (Fsp3) is 0.368. The van der Waals surface area contributed by atoms with Crippen molar-refractivity contribution in [1.82, 2.24) is 15.5 Å². The minimum Gasteiger partial charge on any atom is -0.352 e. The molecule has 2 aromatic rings. The van der Waals surface area contributed by atoms with Crippen LogP contribution in [0.1, 0.15) is 23.3 Å². The van der Waals surface area contributed by atoms with Crippen molar-refractivity contribution in [3.63, 3.8) is 0 Å². The summed E-state index contributed by atoms with van der Waals surface area (Å²) >= 11 is 1.72. The van der Waals surface area contributed by atoms with Crippen molar-refractivity contribution < 1.29 is 4.79 Å². The lowest BCUT2D eigenvalue weighted by Gasteiger charge is -2.17. The molecule has 0 saturated carbocycles. The van der Waals surface area contributed by atoms with E-state index in [-0.39, 0.29) is 6.03 Å². The smallest absolute Gasteiger partial charge is 0.321 e. The predicted molar refractivity (Wildman–Crippen MR) is 108 cm³/mol. The molecule has 2 amide bonds. The van der Waals surface area contributed by atoms with Crippen LogP contribution in [0.5, 0.6) is 0 Å².